The molecular formula is C22H26N2O5. The minimum atomic E-state index is -0.679. The molecule has 2 rings (SSSR count). The molecule has 0 aliphatic rings. The van der Waals surface area contributed by atoms with Gasteiger partial charge in [0.1, 0.15) is 12.3 Å². The third-order valence-electron chi connectivity index (χ3n) is 4.27. The Morgan fingerprint density at radius 2 is 1.72 bits per heavy atom. The van der Waals surface area contributed by atoms with Crippen LogP contribution in [0.2, 0.25) is 0 Å². The van der Waals surface area contributed by atoms with Crippen LogP contribution in [-0.2, 0) is 20.9 Å². The maximum atomic E-state index is 12.2. The van der Waals surface area contributed by atoms with Gasteiger partial charge in [-0.25, -0.2) is 0 Å². The van der Waals surface area contributed by atoms with Gasteiger partial charge in [-0.1, -0.05) is 24.3 Å². The fourth-order valence-electron chi connectivity index (χ4n) is 2.56. The molecule has 0 aliphatic carbocycles. The van der Waals surface area contributed by atoms with E-state index in [4.69, 9.17) is 9.47 Å². The van der Waals surface area contributed by atoms with E-state index in [2.05, 4.69) is 5.32 Å². The molecule has 0 fully saturated rings. The summed E-state index contributed by atoms with van der Waals surface area (Å²) < 4.78 is 10.3. The van der Waals surface area contributed by atoms with Gasteiger partial charge >= 0.3 is 5.97 Å². The lowest BCUT2D eigenvalue weighted by Crippen LogP contribution is -2.34. The first-order chi connectivity index (χ1) is 13.9. The number of carbonyl (C=O) groups excluding carboxylic acids is 3. The van der Waals surface area contributed by atoms with E-state index in [9.17, 15) is 14.4 Å². The van der Waals surface area contributed by atoms with E-state index in [0.717, 1.165) is 11.1 Å². The largest absolute Gasteiger partial charge is 0.494 e. The third-order valence-corrected chi connectivity index (χ3v) is 4.27. The SMILES string of the molecule is CCOc1ccc(C(=O)NCC(=O)OCC(=O)N(C)Cc2ccccc2C)cc1. The van der Waals surface area contributed by atoms with Crippen molar-refractivity contribution in [3.8, 4) is 5.75 Å². The quantitative estimate of drug-likeness (QED) is 0.656. The van der Waals surface area contributed by atoms with Gasteiger partial charge in [-0.15, -0.1) is 0 Å². The van der Waals surface area contributed by atoms with Crippen molar-refractivity contribution >= 4 is 17.8 Å². The Morgan fingerprint density at radius 1 is 1.03 bits per heavy atom. The first-order valence-electron chi connectivity index (χ1n) is 9.36. The molecule has 2 aromatic rings. The highest BCUT2D eigenvalue weighted by molar-refractivity contribution is 5.96. The van der Waals surface area contributed by atoms with Gasteiger partial charge < -0.3 is 19.7 Å². The number of nitrogens with one attached hydrogen (secondary N) is 1. The molecule has 0 aromatic heterocycles. The summed E-state index contributed by atoms with van der Waals surface area (Å²) in [5, 5.41) is 2.47. The average Bonchev–Trinajstić information content (AvgIpc) is 2.72. The summed E-state index contributed by atoms with van der Waals surface area (Å²) >= 11 is 0. The van der Waals surface area contributed by atoms with E-state index in [1.165, 1.54) is 4.90 Å². The molecule has 0 spiro atoms. The lowest BCUT2D eigenvalue weighted by Gasteiger charge is -2.18. The third kappa shape index (κ3) is 6.95. The van der Waals surface area contributed by atoms with Crippen LogP contribution in [0.4, 0.5) is 0 Å². The van der Waals surface area contributed by atoms with Crippen molar-refractivity contribution in [2.75, 3.05) is 26.8 Å². The molecule has 0 heterocycles. The first-order valence-corrected chi connectivity index (χ1v) is 9.36. The number of ether oxygens (including phenoxy) is 2. The number of hydrogen-bond donors (Lipinski definition) is 1. The van der Waals surface area contributed by atoms with Gasteiger partial charge in [0.25, 0.3) is 11.8 Å². The molecule has 154 valence electrons. The second-order valence-corrected chi connectivity index (χ2v) is 6.48. The van der Waals surface area contributed by atoms with Gasteiger partial charge in [0.2, 0.25) is 0 Å². The normalized spacial score (nSPS) is 10.2. The Morgan fingerprint density at radius 3 is 2.38 bits per heavy atom. The van der Waals surface area contributed by atoms with Crippen molar-refractivity contribution in [2.45, 2.75) is 20.4 Å². The molecule has 0 saturated carbocycles. The summed E-state index contributed by atoms with van der Waals surface area (Å²) in [7, 11) is 1.65. The predicted molar refractivity (Wildman–Crippen MR) is 109 cm³/mol. The number of aryl methyl sites for hydroxylation is 1. The van der Waals surface area contributed by atoms with Crippen LogP contribution in [0.3, 0.4) is 0 Å². The molecule has 1 N–H and O–H groups in total. The number of benzene rings is 2. The van der Waals surface area contributed by atoms with Crippen LogP contribution in [0.25, 0.3) is 0 Å². The highest BCUT2D eigenvalue weighted by Crippen LogP contribution is 2.12. The zero-order chi connectivity index (χ0) is 21.2. The smallest absolute Gasteiger partial charge is 0.325 e. The Balaban J connectivity index is 1.73. The summed E-state index contributed by atoms with van der Waals surface area (Å²) in [5.41, 5.74) is 2.51. The molecule has 0 radical (unpaired) electrons. The maximum absolute atomic E-state index is 12.2. The minimum absolute atomic E-state index is 0.319. The number of likely N-dealkylation sites (N-methyl/N-ethyl adjacent to an activating group) is 1. The van der Waals surface area contributed by atoms with Crippen LogP contribution in [0.5, 0.6) is 5.75 Å². The van der Waals surface area contributed by atoms with Gasteiger partial charge in [-0.2, -0.15) is 0 Å². The Labute approximate surface area is 170 Å². The standard InChI is InChI=1S/C22H26N2O5/c1-4-28-19-11-9-17(10-12-19)22(27)23-13-21(26)29-15-20(25)24(3)14-18-8-6-5-7-16(18)2/h5-12H,4,13-15H2,1-3H3,(H,23,27). The average molecular weight is 398 g/mol. The highest BCUT2D eigenvalue weighted by atomic mass is 16.5. The molecule has 0 saturated heterocycles. The molecular weight excluding hydrogens is 372 g/mol. The number of hydrogen-bond acceptors (Lipinski definition) is 5. The van der Waals surface area contributed by atoms with Gasteiger partial charge in [0, 0.05) is 19.2 Å². The monoisotopic (exact) mass is 398 g/mol. The minimum Gasteiger partial charge on any atom is -0.494 e. The highest BCUT2D eigenvalue weighted by Gasteiger charge is 2.14. The predicted octanol–water partition coefficient (Wildman–Crippen LogP) is 2.33. The summed E-state index contributed by atoms with van der Waals surface area (Å²) in [6, 6.07) is 14.3. The van der Waals surface area contributed by atoms with Crippen LogP contribution in [0.15, 0.2) is 48.5 Å². The second-order valence-electron chi connectivity index (χ2n) is 6.48. The van der Waals surface area contributed by atoms with E-state index < -0.39 is 11.9 Å². The molecule has 2 aromatic carbocycles. The van der Waals surface area contributed by atoms with Gasteiger partial charge in [-0.3, -0.25) is 14.4 Å². The molecule has 29 heavy (non-hydrogen) atoms. The van der Waals surface area contributed by atoms with Gasteiger partial charge in [0.15, 0.2) is 6.61 Å². The lowest BCUT2D eigenvalue weighted by atomic mass is 10.1. The zero-order valence-corrected chi connectivity index (χ0v) is 16.9. The van der Waals surface area contributed by atoms with Crippen LogP contribution in [0, 0.1) is 6.92 Å². The van der Waals surface area contributed by atoms with Crippen LogP contribution in [0.1, 0.15) is 28.4 Å². The molecule has 0 bridgehead atoms. The first kappa shape index (κ1) is 21.9. The number of esters is 1. The molecule has 0 atom stereocenters. The lowest BCUT2D eigenvalue weighted by molar-refractivity contribution is -0.150. The van der Waals surface area contributed by atoms with Crippen molar-refractivity contribution in [3.63, 3.8) is 0 Å². The molecule has 0 unspecified atom stereocenters. The van der Waals surface area contributed by atoms with Crippen molar-refractivity contribution in [1.29, 1.82) is 0 Å². The summed E-state index contributed by atoms with van der Waals surface area (Å²) in [5.74, 6) is -0.744. The van der Waals surface area contributed by atoms with E-state index in [1.54, 1.807) is 31.3 Å². The molecule has 7 nitrogen and oxygen atoms in total. The summed E-state index contributed by atoms with van der Waals surface area (Å²) in [6.45, 7) is 4.12. The Hall–Kier alpha value is -3.35. The van der Waals surface area contributed by atoms with E-state index in [1.807, 2.05) is 38.1 Å². The number of amides is 2. The van der Waals surface area contributed by atoms with Crippen LogP contribution in [-0.4, -0.2) is 49.5 Å². The summed E-state index contributed by atoms with van der Waals surface area (Å²) in [4.78, 5) is 37.5. The summed E-state index contributed by atoms with van der Waals surface area (Å²) in [6.07, 6.45) is 0. The molecule has 0 aliphatic heterocycles. The van der Waals surface area contributed by atoms with Crippen molar-refractivity contribution in [2.24, 2.45) is 0 Å². The van der Waals surface area contributed by atoms with Crippen molar-refractivity contribution < 1.29 is 23.9 Å². The number of carbonyl (C=O) groups is 3. The van der Waals surface area contributed by atoms with Crippen molar-refractivity contribution in [3.05, 3.63) is 65.2 Å². The van der Waals surface area contributed by atoms with Crippen molar-refractivity contribution in [1.82, 2.24) is 10.2 Å². The number of rotatable bonds is 9. The van der Waals surface area contributed by atoms with E-state index >= 15 is 0 Å². The zero-order valence-electron chi connectivity index (χ0n) is 16.9. The van der Waals surface area contributed by atoms with Crippen LogP contribution >= 0.6 is 0 Å². The topological polar surface area (TPSA) is 84.9 Å². The maximum Gasteiger partial charge on any atom is 0.325 e. The molecule has 2 amide bonds. The van der Waals surface area contributed by atoms with Crippen LogP contribution < -0.4 is 10.1 Å². The van der Waals surface area contributed by atoms with E-state index in [0.29, 0.717) is 24.5 Å². The fraction of sp³-hybridized carbons (Fsp3) is 0.318. The Bertz CT molecular complexity index is 849. The second kappa shape index (κ2) is 10.8. The number of nitrogens with zero attached hydrogens (tertiary/aromatic N) is 1. The van der Waals surface area contributed by atoms with Gasteiger partial charge in [0.05, 0.1) is 6.61 Å². The fourth-order valence-corrected chi connectivity index (χ4v) is 2.56. The van der Waals surface area contributed by atoms with Gasteiger partial charge in [-0.05, 0) is 49.2 Å². The van der Waals surface area contributed by atoms with E-state index in [-0.39, 0.29) is 19.1 Å². The Kier molecular flexibility index (Phi) is 8.21. The molecule has 7 heteroatoms.